The number of hydrogen-bond acceptors (Lipinski definition) is 4. The quantitative estimate of drug-likeness (QED) is 0.685. The molecule has 1 aromatic rings. The van der Waals surface area contributed by atoms with Gasteiger partial charge in [-0.2, -0.15) is 0 Å². The van der Waals surface area contributed by atoms with Gasteiger partial charge in [0.25, 0.3) is 0 Å². The van der Waals surface area contributed by atoms with Crippen LogP contribution in [0.15, 0.2) is 24.3 Å². The molecule has 0 aromatic heterocycles. The lowest BCUT2D eigenvalue weighted by molar-refractivity contribution is -0.119. The molecule has 6 heteroatoms. The van der Waals surface area contributed by atoms with Crippen molar-refractivity contribution in [2.45, 2.75) is 0 Å². The van der Waals surface area contributed by atoms with E-state index in [1.807, 2.05) is 0 Å². The summed E-state index contributed by atoms with van der Waals surface area (Å²) in [4.78, 5) is 22.7. The van der Waals surface area contributed by atoms with E-state index in [0.717, 1.165) is 0 Å². The molecule has 1 aromatic carbocycles. The highest BCUT2D eigenvalue weighted by Gasteiger charge is 2.04. The summed E-state index contributed by atoms with van der Waals surface area (Å²) in [6, 6.07) is 6.92. The summed E-state index contributed by atoms with van der Waals surface area (Å²) in [5.74, 6) is -0.380. The van der Waals surface area contributed by atoms with E-state index >= 15 is 0 Å². The monoisotopic (exact) mass is 251 g/mol. The molecule has 0 heterocycles. The maximum absolute atomic E-state index is 11.4. The van der Waals surface area contributed by atoms with Crippen LogP contribution in [-0.2, 0) is 14.3 Å². The Kier molecular flexibility index (Phi) is 5.83. The van der Waals surface area contributed by atoms with Crippen molar-refractivity contribution in [2.75, 3.05) is 37.9 Å². The normalized spacial score (nSPS) is 9.89. The average Bonchev–Trinajstić information content (AvgIpc) is 2.29. The van der Waals surface area contributed by atoms with Crippen LogP contribution in [0.3, 0.4) is 0 Å². The zero-order valence-electron chi connectivity index (χ0n) is 10.4. The minimum atomic E-state index is -0.240. The fourth-order valence-corrected chi connectivity index (χ4v) is 1.37. The summed E-state index contributed by atoms with van der Waals surface area (Å²) in [6.45, 7) is 0.233. The van der Waals surface area contributed by atoms with Gasteiger partial charge >= 0.3 is 0 Å². The van der Waals surface area contributed by atoms with Gasteiger partial charge in [-0.05, 0) is 25.2 Å². The standard InChI is InChI=1S/C12H17N3O3/c1-13-7-11(16)14-9-4-3-5-10(6-9)15-12(17)8-18-2/h3-6,13H,7-8H2,1-2H3,(H,14,16)(H,15,17). The Labute approximate surface area is 106 Å². The molecular weight excluding hydrogens is 234 g/mol. The summed E-state index contributed by atoms with van der Waals surface area (Å²) in [7, 11) is 3.15. The van der Waals surface area contributed by atoms with Gasteiger partial charge in [0, 0.05) is 18.5 Å². The van der Waals surface area contributed by atoms with Crippen LogP contribution in [0, 0.1) is 0 Å². The first kappa shape index (κ1) is 14.1. The third-order valence-corrected chi connectivity index (χ3v) is 2.04. The van der Waals surface area contributed by atoms with Crippen molar-refractivity contribution in [3.05, 3.63) is 24.3 Å². The molecule has 0 aliphatic heterocycles. The number of nitrogens with one attached hydrogen (secondary N) is 3. The zero-order chi connectivity index (χ0) is 13.4. The summed E-state index contributed by atoms with van der Waals surface area (Å²) in [6.07, 6.45) is 0. The van der Waals surface area contributed by atoms with Gasteiger partial charge in [0.2, 0.25) is 11.8 Å². The van der Waals surface area contributed by atoms with Crippen molar-refractivity contribution in [3.63, 3.8) is 0 Å². The SMILES string of the molecule is CNCC(=O)Nc1cccc(NC(=O)COC)c1. The van der Waals surface area contributed by atoms with Crippen LogP contribution in [0.4, 0.5) is 11.4 Å². The summed E-state index contributed by atoms with van der Waals surface area (Å²) in [5.41, 5.74) is 1.24. The molecule has 0 saturated heterocycles. The Hall–Kier alpha value is -1.92. The molecule has 0 radical (unpaired) electrons. The van der Waals surface area contributed by atoms with Crippen LogP contribution in [0.1, 0.15) is 0 Å². The number of ether oxygens (including phenoxy) is 1. The highest BCUT2D eigenvalue weighted by molar-refractivity contribution is 5.95. The number of methoxy groups -OCH3 is 1. The van der Waals surface area contributed by atoms with E-state index < -0.39 is 0 Å². The van der Waals surface area contributed by atoms with E-state index in [-0.39, 0.29) is 25.0 Å². The maximum atomic E-state index is 11.4. The number of hydrogen-bond donors (Lipinski definition) is 3. The van der Waals surface area contributed by atoms with Gasteiger partial charge < -0.3 is 20.7 Å². The molecule has 1 rings (SSSR count). The summed E-state index contributed by atoms with van der Waals surface area (Å²) < 4.78 is 4.71. The highest BCUT2D eigenvalue weighted by Crippen LogP contribution is 2.14. The van der Waals surface area contributed by atoms with Crippen molar-refractivity contribution in [1.82, 2.24) is 5.32 Å². The molecule has 0 bridgehead atoms. The smallest absolute Gasteiger partial charge is 0.250 e. The Morgan fingerprint density at radius 3 is 2.33 bits per heavy atom. The molecule has 0 unspecified atom stereocenters. The minimum absolute atomic E-state index is 0.00363. The van der Waals surface area contributed by atoms with Gasteiger partial charge in [0.1, 0.15) is 6.61 Å². The predicted molar refractivity (Wildman–Crippen MR) is 69.5 cm³/mol. The van der Waals surface area contributed by atoms with Crippen LogP contribution in [0.25, 0.3) is 0 Å². The topological polar surface area (TPSA) is 79.5 Å². The number of likely N-dealkylation sites (N-methyl/N-ethyl adjacent to an activating group) is 1. The molecule has 0 aliphatic carbocycles. The van der Waals surface area contributed by atoms with E-state index in [4.69, 9.17) is 4.74 Å². The third kappa shape index (κ3) is 4.94. The van der Waals surface area contributed by atoms with Crippen molar-refractivity contribution in [2.24, 2.45) is 0 Å². The van der Waals surface area contributed by atoms with Crippen LogP contribution in [-0.4, -0.2) is 39.1 Å². The second-order valence-corrected chi connectivity index (χ2v) is 3.64. The van der Waals surface area contributed by atoms with E-state index in [0.29, 0.717) is 11.4 Å². The zero-order valence-corrected chi connectivity index (χ0v) is 10.4. The largest absolute Gasteiger partial charge is 0.375 e. The molecule has 3 N–H and O–H groups in total. The molecule has 0 fully saturated rings. The number of amides is 2. The van der Waals surface area contributed by atoms with E-state index in [9.17, 15) is 9.59 Å². The van der Waals surface area contributed by atoms with Crippen molar-refractivity contribution < 1.29 is 14.3 Å². The number of benzene rings is 1. The Morgan fingerprint density at radius 2 is 1.78 bits per heavy atom. The fraction of sp³-hybridized carbons (Fsp3) is 0.333. The molecule has 0 atom stereocenters. The molecular formula is C12H17N3O3. The molecule has 0 saturated carbocycles. The number of anilines is 2. The van der Waals surface area contributed by atoms with Crippen molar-refractivity contribution in [3.8, 4) is 0 Å². The Bertz CT molecular complexity index is 386. The summed E-state index contributed by atoms with van der Waals surface area (Å²) in [5, 5.41) is 8.12. The first-order valence-electron chi connectivity index (χ1n) is 5.49. The lowest BCUT2D eigenvalue weighted by Crippen LogP contribution is -2.25. The molecule has 6 nitrogen and oxygen atoms in total. The predicted octanol–water partition coefficient (Wildman–Crippen LogP) is 0.429. The highest BCUT2D eigenvalue weighted by atomic mass is 16.5. The number of carbonyl (C=O) groups excluding carboxylic acids is 2. The molecule has 2 amide bonds. The van der Waals surface area contributed by atoms with Gasteiger partial charge in [-0.25, -0.2) is 0 Å². The van der Waals surface area contributed by atoms with E-state index in [1.54, 1.807) is 31.3 Å². The van der Waals surface area contributed by atoms with E-state index in [2.05, 4.69) is 16.0 Å². The van der Waals surface area contributed by atoms with E-state index in [1.165, 1.54) is 7.11 Å². The first-order valence-corrected chi connectivity index (χ1v) is 5.49. The molecule has 18 heavy (non-hydrogen) atoms. The van der Waals surface area contributed by atoms with Gasteiger partial charge in [0.15, 0.2) is 0 Å². The second kappa shape index (κ2) is 7.41. The van der Waals surface area contributed by atoms with Crippen molar-refractivity contribution in [1.29, 1.82) is 0 Å². The number of carbonyl (C=O) groups is 2. The maximum Gasteiger partial charge on any atom is 0.250 e. The van der Waals surface area contributed by atoms with Crippen LogP contribution < -0.4 is 16.0 Å². The molecule has 0 spiro atoms. The Balaban J connectivity index is 2.61. The van der Waals surface area contributed by atoms with Crippen LogP contribution in [0.2, 0.25) is 0 Å². The lowest BCUT2D eigenvalue weighted by atomic mass is 10.2. The van der Waals surface area contributed by atoms with Crippen molar-refractivity contribution >= 4 is 23.2 Å². The first-order chi connectivity index (χ1) is 8.65. The fourth-order valence-electron chi connectivity index (χ4n) is 1.37. The summed E-state index contributed by atoms with van der Waals surface area (Å²) >= 11 is 0. The molecule has 0 aliphatic rings. The number of rotatable bonds is 6. The second-order valence-electron chi connectivity index (χ2n) is 3.64. The van der Waals surface area contributed by atoms with Crippen LogP contribution in [0.5, 0.6) is 0 Å². The van der Waals surface area contributed by atoms with Crippen LogP contribution >= 0.6 is 0 Å². The van der Waals surface area contributed by atoms with Gasteiger partial charge in [-0.1, -0.05) is 6.07 Å². The molecule has 98 valence electrons. The lowest BCUT2D eigenvalue weighted by Gasteiger charge is -2.08. The third-order valence-electron chi connectivity index (χ3n) is 2.04. The van der Waals surface area contributed by atoms with Gasteiger partial charge in [0.05, 0.1) is 6.54 Å². The van der Waals surface area contributed by atoms with Gasteiger partial charge in [-0.15, -0.1) is 0 Å². The Morgan fingerprint density at radius 1 is 1.17 bits per heavy atom. The van der Waals surface area contributed by atoms with Gasteiger partial charge in [-0.3, -0.25) is 9.59 Å². The average molecular weight is 251 g/mol. The minimum Gasteiger partial charge on any atom is -0.375 e.